The normalized spacial score (nSPS) is 12.2. The van der Waals surface area contributed by atoms with Crippen molar-refractivity contribution < 1.29 is 4.79 Å². The molecule has 24 heavy (non-hydrogen) atoms. The van der Waals surface area contributed by atoms with Crippen molar-refractivity contribution in [3.8, 4) is 0 Å². The van der Waals surface area contributed by atoms with Gasteiger partial charge in [-0.2, -0.15) is 5.10 Å². The minimum atomic E-state index is -0.276. The Kier molecular flexibility index (Phi) is 5.90. The number of hydrogen-bond donors (Lipinski definition) is 1. The second-order valence-electron chi connectivity index (χ2n) is 6.37. The van der Waals surface area contributed by atoms with Crippen LogP contribution in [0.25, 0.3) is 0 Å². The number of amides is 1. The van der Waals surface area contributed by atoms with E-state index in [2.05, 4.69) is 55.5 Å². The van der Waals surface area contributed by atoms with Crippen molar-refractivity contribution in [2.75, 3.05) is 0 Å². The third kappa shape index (κ3) is 4.31. The van der Waals surface area contributed by atoms with E-state index in [1.165, 1.54) is 29.4 Å². The van der Waals surface area contributed by atoms with E-state index >= 15 is 0 Å². The van der Waals surface area contributed by atoms with E-state index in [-0.39, 0.29) is 29.1 Å². The molecule has 1 heterocycles. The average Bonchev–Trinajstić information content (AvgIpc) is 2.56. The predicted octanol–water partition coefficient (Wildman–Crippen LogP) is 2.86. The van der Waals surface area contributed by atoms with Crippen molar-refractivity contribution in [3.05, 3.63) is 63.6 Å². The van der Waals surface area contributed by atoms with Crippen LogP contribution in [0, 0.1) is 5.92 Å². The van der Waals surface area contributed by atoms with Crippen LogP contribution in [0.15, 0.2) is 41.2 Å². The van der Waals surface area contributed by atoms with Gasteiger partial charge in [0.25, 0.3) is 11.5 Å². The molecule has 5 nitrogen and oxygen atoms in total. The monoisotopic (exact) mass is 327 g/mol. The summed E-state index contributed by atoms with van der Waals surface area (Å²) in [4.78, 5) is 23.9. The number of carbonyl (C=O) groups is 1. The number of benzene rings is 1. The maximum absolute atomic E-state index is 12.5. The summed E-state index contributed by atoms with van der Waals surface area (Å²) in [5.41, 5.74) is 2.38. The Morgan fingerprint density at radius 3 is 2.38 bits per heavy atom. The minimum absolute atomic E-state index is 0.104. The van der Waals surface area contributed by atoms with Gasteiger partial charge in [-0.25, -0.2) is 4.68 Å². The van der Waals surface area contributed by atoms with Crippen molar-refractivity contribution in [1.29, 1.82) is 0 Å². The van der Waals surface area contributed by atoms with Crippen molar-refractivity contribution >= 4 is 5.91 Å². The summed E-state index contributed by atoms with van der Waals surface area (Å²) >= 11 is 0. The second kappa shape index (κ2) is 7.90. The van der Waals surface area contributed by atoms with Crippen LogP contribution in [0.5, 0.6) is 0 Å². The van der Waals surface area contributed by atoms with Crippen molar-refractivity contribution in [2.45, 2.75) is 39.7 Å². The van der Waals surface area contributed by atoms with Crippen LogP contribution in [0.1, 0.15) is 54.8 Å². The van der Waals surface area contributed by atoms with Crippen LogP contribution in [-0.2, 0) is 13.5 Å². The summed E-state index contributed by atoms with van der Waals surface area (Å²) in [6, 6.07) is 11.1. The number of aryl methyl sites for hydroxylation is 2. The van der Waals surface area contributed by atoms with Crippen LogP contribution in [0.3, 0.4) is 0 Å². The number of nitrogens with one attached hydrogen (secondary N) is 1. The minimum Gasteiger partial charge on any atom is -0.344 e. The molecule has 2 rings (SSSR count). The van der Waals surface area contributed by atoms with Crippen LogP contribution in [0.2, 0.25) is 0 Å². The molecule has 1 aromatic carbocycles. The number of rotatable bonds is 6. The fourth-order valence-corrected chi connectivity index (χ4v) is 2.65. The SMILES string of the molecule is CCCc1ccc(C(NC(=O)c2ccc(=O)n(C)n2)C(C)C)cc1. The molecule has 1 unspecified atom stereocenters. The first-order valence-corrected chi connectivity index (χ1v) is 8.36. The molecule has 128 valence electrons. The molecule has 0 fully saturated rings. The average molecular weight is 327 g/mol. The maximum atomic E-state index is 12.5. The lowest BCUT2D eigenvalue weighted by Crippen LogP contribution is -2.33. The molecule has 0 saturated carbocycles. The molecule has 1 amide bonds. The molecular weight excluding hydrogens is 302 g/mol. The molecule has 1 atom stereocenters. The van der Waals surface area contributed by atoms with E-state index in [0.29, 0.717) is 0 Å². The van der Waals surface area contributed by atoms with Gasteiger partial charge in [-0.05, 0) is 29.5 Å². The van der Waals surface area contributed by atoms with Crippen LogP contribution < -0.4 is 10.9 Å². The standard InChI is InChI=1S/C19H25N3O2/c1-5-6-14-7-9-15(10-8-14)18(13(2)3)20-19(24)16-11-12-17(23)22(4)21-16/h7-13,18H,5-6H2,1-4H3,(H,20,24). The first kappa shape index (κ1) is 17.9. The Morgan fingerprint density at radius 1 is 1.17 bits per heavy atom. The fraction of sp³-hybridized carbons (Fsp3) is 0.421. The van der Waals surface area contributed by atoms with Gasteiger partial charge in [0.15, 0.2) is 0 Å². The first-order valence-electron chi connectivity index (χ1n) is 8.36. The van der Waals surface area contributed by atoms with E-state index in [0.717, 1.165) is 18.4 Å². The first-order chi connectivity index (χ1) is 11.4. The van der Waals surface area contributed by atoms with Gasteiger partial charge in [-0.15, -0.1) is 0 Å². The van der Waals surface area contributed by atoms with E-state index < -0.39 is 0 Å². The molecular formula is C19H25N3O2. The van der Waals surface area contributed by atoms with Gasteiger partial charge in [-0.3, -0.25) is 9.59 Å². The van der Waals surface area contributed by atoms with E-state index in [9.17, 15) is 9.59 Å². The third-order valence-corrected chi connectivity index (χ3v) is 4.02. The lowest BCUT2D eigenvalue weighted by Gasteiger charge is -2.23. The number of carbonyl (C=O) groups excluding carboxylic acids is 1. The summed E-state index contributed by atoms with van der Waals surface area (Å²) < 4.78 is 1.17. The molecule has 1 aromatic heterocycles. The van der Waals surface area contributed by atoms with Gasteiger partial charge in [0.2, 0.25) is 0 Å². The zero-order chi connectivity index (χ0) is 17.7. The van der Waals surface area contributed by atoms with Gasteiger partial charge in [0.05, 0.1) is 6.04 Å². The third-order valence-electron chi connectivity index (χ3n) is 4.02. The van der Waals surface area contributed by atoms with Gasteiger partial charge in [-0.1, -0.05) is 51.5 Å². The quantitative estimate of drug-likeness (QED) is 0.887. The summed E-state index contributed by atoms with van der Waals surface area (Å²) in [5.74, 6) is -0.0413. The van der Waals surface area contributed by atoms with Crippen LogP contribution >= 0.6 is 0 Å². The van der Waals surface area contributed by atoms with Crippen molar-refractivity contribution in [2.24, 2.45) is 13.0 Å². The summed E-state index contributed by atoms with van der Waals surface area (Å²) in [6.07, 6.45) is 2.17. The Labute approximate surface area is 142 Å². The highest BCUT2D eigenvalue weighted by Crippen LogP contribution is 2.22. The van der Waals surface area contributed by atoms with Crippen molar-refractivity contribution in [3.63, 3.8) is 0 Å². The molecule has 0 radical (unpaired) electrons. The molecule has 0 spiro atoms. The number of nitrogens with zero attached hydrogens (tertiary/aromatic N) is 2. The summed E-state index contributed by atoms with van der Waals surface area (Å²) in [6.45, 7) is 6.30. The lowest BCUT2D eigenvalue weighted by molar-refractivity contribution is 0.0918. The number of aromatic nitrogens is 2. The molecule has 2 aromatic rings. The predicted molar refractivity (Wildman–Crippen MR) is 95.0 cm³/mol. The highest BCUT2D eigenvalue weighted by atomic mass is 16.2. The number of hydrogen-bond acceptors (Lipinski definition) is 3. The largest absolute Gasteiger partial charge is 0.344 e. The Hall–Kier alpha value is -2.43. The topological polar surface area (TPSA) is 64.0 Å². The summed E-state index contributed by atoms with van der Waals surface area (Å²) in [7, 11) is 1.53. The van der Waals surface area contributed by atoms with E-state index in [1.807, 2.05) is 0 Å². The smallest absolute Gasteiger partial charge is 0.272 e. The maximum Gasteiger partial charge on any atom is 0.272 e. The molecule has 1 N–H and O–H groups in total. The lowest BCUT2D eigenvalue weighted by atomic mass is 9.94. The van der Waals surface area contributed by atoms with E-state index in [1.54, 1.807) is 0 Å². The molecule has 0 aliphatic heterocycles. The van der Waals surface area contributed by atoms with Gasteiger partial charge in [0, 0.05) is 13.1 Å². The van der Waals surface area contributed by atoms with Gasteiger partial charge < -0.3 is 5.32 Å². The Balaban J connectivity index is 2.19. The van der Waals surface area contributed by atoms with Crippen LogP contribution in [-0.4, -0.2) is 15.7 Å². The fourth-order valence-electron chi connectivity index (χ4n) is 2.65. The zero-order valence-corrected chi connectivity index (χ0v) is 14.7. The zero-order valence-electron chi connectivity index (χ0n) is 14.7. The summed E-state index contributed by atoms with van der Waals surface area (Å²) in [5, 5.41) is 7.04. The highest BCUT2D eigenvalue weighted by Gasteiger charge is 2.20. The Morgan fingerprint density at radius 2 is 1.83 bits per heavy atom. The molecule has 5 heteroatoms. The molecule has 0 aliphatic rings. The van der Waals surface area contributed by atoms with Gasteiger partial charge >= 0.3 is 0 Å². The Bertz CT molecular complexity index is 748. The van der Waals surface area contributed by atoms with Gasteiger partial charge in [0.1, 0.15) is 5.69 Å². The molecule has 0 saturated heterocycles. The van der Waals surface area contributed by atoms with E-state index in [4.69, 9.17) is 0 Å². The van der Waals surface area contributed by atoms with Crippen molar-refractivity contribution in [1.82, 2.24) is 15.1 Å². The molecule has 0 bridgehead atoms. The highest BCUT2D eigenvalue weighted by molar-refractivity contribution is 5.92. The molecule has 0 aliphatic carbocycles. The van der Waals surface area contributed by atoms with Crippen LogP contribution in [0.4, 0.5) is 0 Å². The second-order valence-corrected chi connectivity index (χ2v) is 6.37.